The minimum Gasteiger partial charge on any atom is -0.480 e. The molecular formula is C15H16N2O2S. The first kappa shape index (κ1) is 13.3. The second-order valence-corrected chi connectivity index (χ2v) is 5.81. The van der Waals surface area contributed by atoms with Crippen LogP contribution in [0.25, 0.3) is 0 Å². The number of nitrogens with zero attached hydrogens (tertiary/aromatic N) is 2. The van der Waals surface area contributed by atoms with E-state index in [-0.39, 0.29) is 6.04 Å². The standard InChI is InChI=1S/C15H16N2O2S/c1-10(13-8-20-9-16-13)17-7-12-5-3-2-4-11(12)6-14(17)15(18)19/h2-5,8-10,14H,6-7H2,1H3,(H,18,19). The van der Waals surface area contributed by atoms with E-state index in [9.17, 15) is 9.90 Å². The van der Waals surface area contributed by atoms with Gasteiger partial charge in [-0.15, -0.1) is 11.3 Å². The average Bonchev–Trinajstić information content (AvgIpc) is 2.99. The molecule has 1 aromatic heterocycles. The first-order chi connectivity index (χ1) is 9.66. The third-order valence-corrected chi connectivity index (χ3v) is 4.55. The topological polar surface area (TPSA) is 53.4 Å². The Morgan fingerprint density at radius 3 is 2.85 bits per heavy atom. The van der Waals surface area contributed by atoms with Gasteiger partial charge in [-0.3, -0.25) is 9.69 Å². The Bertz CT molecular complexity index is 612. The number of carboxylic acid groups (broad SMARTS) is 1. The predicted molar refractivity (Wildman–Crippen MR) is 77.6 cm³/mol. The van der Waals surface area contributed by atoms with Crippen LogP contribution in [0.1, 0.15) is 29.8 Å². The second kappa shape index (κ2) is 5.34. The Labute approximate surface area is 121 Å². The Morgan fingerprint density at radius 2 is 2.20 bits per heavy atom. The highest BCUT2D eigenvalue weighted by atomic mass is 32.1. The molecule has 0 amide bonds. The van der Waals surface area contributed by atoms with E-state index in [2.05, 4.69) is 11.1 Å². The fourth-order valence-electron chi connectivity index (χ4n) is 2.78. The number of carbonyl (C=O) groups is 1. The summed E-state index contributed by atoms with van der Waals surface area (Å²) < 4.78 is 0. The van der Waals surface area contributed by atoms with Crippen LogP contribution in [-0.2, 0) is 17.8 Å². The lowest BCUT2D eigenvalue weighted by molar-refractivity contribution is -0.145. The van der Waals surface area contributed by atoms with E-state index in [0.29, 0.717) is 13.0 Å². The maximum Gasteiger partial charge on any atom is 0.321 e. The normalized spacial score (nSPS) is 20.4. The van der Waals surface area contributed by atoms with Crippen LogP contribution < -0.4 is 0 Å². The van der Waals surface area contributed by atoms with Crippen molar-refractivity contribution in [2.75, 3.05) is 0 Å². The molecule has 0 saturated heterocycles. The molecule has 1 N–H and O–H groups in total. The molecule has 0 saturated carbocycles. The van der Waals surface area contributed by atoms with Gasteiger partial charge in [-0.05, 0) is 24.5 Å². The van der Waals surface area contributed by atoms with E-state index in [1.165, 1.54) is 5.56 Å². The van der Waals surface area contributed by atoms with Gasteiger partial charge in [0.25, 0.3) is 0 Å². The van der Waals surface area contributed by atoms with Gasteiger partial charge in [-0.25, -0.2) is 4.98 Å². The van der Waals surface area contributed by atoms with Gasteiger partial charge in [0.1, 0.15) is 6.04 Å². The molecule has 20 heavy (non-hydrogen) atoms. The highest BCUT2D eigenvalue weighted by Gasteiger charge is 2.35. The number of aromatic nitrogens is 1. The number of thiazole rings is 1. The number of hydrogen-bond acceptors (Lipinski definition) is 4. The van der Waals surface area contributed by atoms with Crippen molar-refractivity contribution < 1.29 is 9.90 Å². The molecule has 0 aliphatic carbocycles. The van der Waals surface area contributed by atoms with Crippen molar-refractivity contribution in [3.05, 3.63) is 52.0 Å². The monoisotopic (exact) mass is 288 g/mol. The van der Waals surface area contributed by atoms with Gasteiger partial charge < -0.3 is 5.11 Å². The zero-order chi connectivity index (χ0) is 14.1. The van der Waals surface area contributed by atoms with Crippen molar-refractivity contribution in [3.8, 4) is 0 Å². The zero-order valence-corrected chi connectivity index (χ0v) is 12.0. The number of carboxylic acids is 1. The third-order valence-electron chi connectivity index (χ3n) is 3.95. The fraction of sp³-hybridized carbons (Fsp3) is 0.333. The van der Waals surface area contributed by atoms with Crippen LogP contribution in [0.5, 0.6) is 0 Å². The first-order valence-electron chi connectivity index (χ1n) is 6.60. The zero-order valence-electron chi connectivity index (χ0n) is 11.2. The Kier molecular flexibility index (Phi) is 3.54. The van der Waals surface area contributed by atoms with Crippen molar-refractivity contribution >= 4 is 17.3 Å². The van der Waals surface area contributed by atoms with Crippen molar-refractivity contribution in [1.82, 2.24) is 9.88 Å². The van der Waals surface area contributed by atoms with E-state index >= 15 is 0 Å². The van der Waals surface area contributed by atoms with Gasteiger partial charge in [-0.1, -0.05) is 24.3 Å². The number of rotatable bonds is 3. The van der Waals surface area contributed by atoms with E-state index in [4.69, 9.17) is 0 Å². The summed E-state index contributed by atoms with van der Waals surface area (Å²) in [7, 11) is 0. The largest absolute Gasteiger partial charge is 0.480 e. The summed E-state index contributed by atoms with van der Waals surface area (Å²) in [5, 5.41) is 11.5. The minimum atomic E-state index is -0.762. The number of aliphatic carboxylic acids is 1. The summed E-state index contributed by atoms with van der Waals surface area (Å²) in [6.07, 6.45) is 0.556. The van der Waals surface area contributed by atoms with Crippen molar-refractivity contribution in [1.29, 1.82) is 0 Å². The SMILES string of the molecule is CC(c1cscn1)N1Cc2ccccc2CC1C(=O)O. The Morgan fingerprint density at radius 1 is 1.45 bits per heavy atom. The van der Waals surface area contributed by atoms with Gasteiger partial charge in [0.15, 0.2) is 0 Å². The molecule has 1 aliphatic rings. The molecule has 2 atom stereocenters. The summed E-state index contributed by atoms with van der Waals surface area (Å²) in [4.78, 5) is 17.9. The molecule has 3 rings (SSSR count). The molecule has 2 heterocycles. The fourth-order valence-corrected chi connectivity index (χ4v) is 3.42. The van der Waals surface area contributed by atoms with Crippen LogP contribution in [0.4, 0.5) is 0 Å². The maximum absolute atomic E-state index is 11.6. The average molecular weight is 288 g/mol. The molecule has 104 valence electrons. The summed E-state index contributed by atoms with van der Waals surface area (Å²) in [6.45, 7) is 2.69. The van der Waals surface area contributed by atoms with Crippen LogP contribution in [0, 0.1) is 0 Å². The van der Waals surface area contributed by atoms with E-state index < -0.39 is 12.0 Å². The van der Waals surface area contributed by atoms with E-state index in [1.54, 1.807) is 16.8 Å². The molecule has 4 nitrogen and oxygen atoms in total. The van der Waals surface area contributed by atoms with E-state index in [0.717, 1.165) is 11.3 Å². The Hall–Kier alpha value is -1.72. The van der Waals surface area contributed by atoms with Gasteiger partial charge in [0.05, 0.1) is 17.2 Å². The lowest BCUT2D eigenvalue weighted by atomic mass is 9.92. The molecule has 0 fully saturated rings. The first-order valence-corrected chi connectivity index (χ1v) is 7.54. The molecule has 1 aliphatic heterocycles. The van der Waals surface area contributed by atoms with Crippen LogP contribution >= 0.6 is 11.3 Å². The summed E-state index contributed by atoms with van der Waals surface area (Å²) in [5.41, 5.74) is 5.09. The summed E-state index contributed by atoms with van der Waals surface area (Å²) in [5.74, 6) is -0.762. The molecule has 1 aromatic carbocycles. The molecule has 5 heteroatoms. The molecule has 0 radical (unpaired) electrons. The lowest BCUT2D eigenvalue weighted by Gasteiger charge is -2.37. The third kappa shape index (κ3) is 2.34. The predicted octanol–water partition coefficient (Wildman–Crippen LogP) is 2.72. The second-order valence-electron chi connectivity index (χ2n) is 5.09. The van der Waals surface area contributed by atoms with Crippen LogP contribution in [-0.4, -0.2) is 27.0 Å². The molecule has 0 bridgehead atoms. The maximum atomic E-state index is 11.6. The van der Waals surface area contributed by atoms with Crippen LogP contribution in [0.15, 0.2) is 35.2 Å². The van der Waals surface area contributed by atoms with Gasteiger partial charge in [-0.2, -0.15) is 0 Å². The van der Waals surface area contributed by atoms with Crippen LogP contribution in [0.2, 0.25) is 0 Å². The molecule has 2 unspecified atom stereocenters. The van der Waals surface area contributed by atoms with Gasteiger partial charge in [0.2, 0.25) is 0 Å². The van der Waals surface area contributed by atoms with Crippen molar-refractivity contribution in [2.45, 2.75) is 32.0 Å². The molecular weight excluding hydrogens is 272 g/mol. The smallest absolute Gasteiger partial charge is 0.321 e. The quantitative estimate of drug-likeness (QED) is 0.943. The van der Waals surface area contributed by atoms with Gasteiger partial charge in [0, 0.05) is 11.9 Å². The molecule has 2 aromatic rings. The van der Waals surface area contributed by atoms with E-state index in [1.807, 2.05) is 35.4 Å². The highest BCUT2D eigenvalue weighted by Crippen LogP contribution is 2.31. The Balaban J connectivity index is 1.94. The number of hydrogen-bond donors (Lipinski definition) is 1. The minimum absolute atomic E-state index is 0.00991. The van der Waals surface area contributed by atoms with Crippen molar-refractivity contribution in [2.24, 2.45) is 0 Å². The lowest BCUT2D eigenvalue weighted by Crippen LogP contribution is -2.46. The number of benzene rings is 1. The highest BCUT2D eigenvalue weighted by molar-refractivity contribution is 7.07. The van der Waals surface area contributed by atoms with Gasteiger partial charge >= 0.3 is 5.97 Å². The number of fused-ring (bicyclic) bond motifs is 1. The van der Waals surface area contributed by atoms with Crippen molar-refractivity contribution in [3.63, 3.8) is 0 Å². The summed E-state index contributed by atoms with van der Waals surface area (Å²) >= 11 is 1.54. The molecule has 0 spiro atoms. The van der Waals surface area contributed by atoms with Crippen LogP contribution in [0.3, 0.4) is 0 Å². The summed E-state index contributed by atoms with van der Waals surface area (Å²) in [6, 6.07) is 7.60.